The lowest BCUT2D eigenvalue weighted by molar-refractivity contribution is 0.0594. The first-order valence-electron chi connectivity index (χ1n) is 9.64. The summed E-state index contributed by atoms with van der Waals surface area (Å²) < 4.78 is 4.85. The highest BCUT2D eigenvalue weighted by Gasteiger charge is 2.19. The van der Waals surface area contributed by atoms with E-state index in [1.165, 1.54) is 47.2 Å². The van der Waals surface area contributed by atoms with Gasteiger partial charge in [-0.15, -0.1) is 0 Å². The summed E-state index contributed by atoms with van der Waals surface area (Å²) in [5.74, 6) is 0.119. The molecule has 0 saturated heterocycles. The van der Waals surface area contributed by atoms with Gasteiger partial charge in [-0.1, -0.05) is 36.4 Å². The Labute approximate surface area is 163 Å². The minimum absolute atomic E-state index is 0.276. The highest BCUT2D eigenvalue weighted by Crippen LogP contribution is 2.39. The molecule has 0 radical (unpaired) electrons. The van der Waals surface area contributed by atoms with Crippen molar-refractivity contribution in [2.24, 2.45) is 0 Å². The zero-order valence-electron chi connectivity index (χ0n) is 15.7. The van der Waals surface area contributed by atoms with E-state index in [0.717, 1.165) is 23.8 Å². The first-order chi connectivity index (χ1) is 13.8. The summed E-state index contributed by atoms with van der Waals surface area (Å²) in [5, 5.41) is 4.82. The van der Waals surface area contributed by atoms with Crippen LogP contribution < -0.4 is 0 Å². The Balaban J connectivity index is 1.88. The number of esters is 1. The minimum Gasteiger partial charge on any atom is -0.464 e. The van der Waals surface area contributed by atoms with Gasteiger partial charge >= 0.3 is 5.97 Å². The molecular weight excluding hydrogens is 348 g/mol. The van der Waals surface area contributed by atoms with Gasteiger partial charge < -0.3 is 4.74 Å². The summed E-state index contributed by atoms with van der Waals surface area (Å²) in [6.07, 6.45) is 6.23. The molecule has 3 aromatic carbocycles. The SMILES string of the molecule is COC(=O)c1ccnc(-c2cc3ccccc3c3ccc4c(c23)CCCC4)n1. The van der Waals surface area contributed by atoms with E-state index in [-0.39, 0.29) is 5.69 Å². The third kappa shape index (κ3) is 2.64. The van der Waals surface area contributed by atoms with E-state index in [4.69, 9.17) is 4.74 Å². The lowest BCUT2D eigenvalue weighted by Gasteiger charge is -2.21. The van der Waals surface area contributed by atoms with Gasteiger partial charge in [-0.3, -0.25) is 0 Å². The van der Waals surface area contributed by atoms with Gasteiger partial charge in [0.05, 0.1) is 7.11 Å². The zero-order chi connectivity index (χ0) is 19.1. The smallest absolute Gasteiger partial charge is 0.356 e. The fourth-order valence-electron chi connectivity index (χ4n) is 4.34. The summed E-state index contributed by atoms with van der Waals surface area (Å²) in [6.45, 7) is 0. The molecule has 4 nitrogen and oxygen atoms in total. The largest absolute Gasteiger partial charge is 0.464 e. The fourth-order valence-corrected chi connectivity index (χ4v) is 4.34. The van der Waals surface area contributed by atoms with Crippen LogP contribution in [0, 0.1) is 0 Å². The minimum atomic E-state index is -0.448. The topological polar surface area (TPSA) is 52.1 Å². The summed E-state index contributed by atoms with van der Waals surface area (Å²) in [5.41, 5.74) is 4.08. The van der Waals surface area contributed by atoms with E-state index < -0.39 is 5.97 Å². The summed E-state index contributed by atoms with van der Waals surface area (Å²) in [7, 11) is 1.37. The molecule has 1 heterocycles. The van der Waals surface area contributed by atoms with Gasteiger partial charge in [-0.2, -0.15) is 0 Å². The number of methoxy groups -OCH3 is 1. The summed E-state index contributed by atoms with van der Waals surface area (Å²) in [4.78, 5) is 21.0. The molecule has 1 aromatic heterocycles. The molecule has 0 unspecified atom stereocenters. The number of hydrogen-bond acceptors (Lipinski definition) is 4. The van der Waals surface area contributed by atoms with Crippen LogP contribution >= 0.6 is 0 Å². The average Bonchev–Trinajstić information content (AvgIpc) is 2.77. The Morgan fingerprint density at radius 2 is 1.86 bits per heavy atom. The van der Waals surface area contributed by atoms with Crippen LogP contribution in [-0.4, -0.2) is 23.0 Å². The Morgan fingerprint density at radius 1 is 1.00 bits per heavy atom. The Bertz CT molecular complexity index is 1230. The van der Waals surface area contributed by atoms with Gasteiger partial charge in [-0.25, -0.2) is 14.8 Å². The molecule has 4 aromatic rings. The first-order valence-corrected chi connectivity index (χ1v) is 9.64. The van der Waals surface area contributed by atoms with E-state index in [0.29, 0.717) is 5.82 Å². The summed E-state index contributed by atoms with van der Waals surface area (Å²) >= 11 is 0. The van der Waals surface area contributed by atoms with Crippen molar-refractivity contribution in [1.82, 2.24) is 9.97 Å². The van der Waals surface area contributed by atoms with E-state index in [1.807, 2.05) is 6.07 Å². The van der Waals surface area contributed by atoms with Gasteiger partial charge in [0.1, 0.15) is 0 Å². The number of benzene rings is 3. The number of aryl methyl sites for hydroxylation is 2. The average molecular weight is 368 g/mol. The van der Waals surface area contributed by atoms with Crippen LogP contribution in [0.1, 0.15) is 34.5 Å². The Hall–Kier alpha value is -3.27. The normalized spacial score (nSPS) is 13.5. The van der Waals surface area contributed by atoms with Gasteiger partial charge in [0.15, 0.2) is 11.5 Å². The van der Waals surface area contributed by atoms with Crippen molar-refractivity contribution < 1.29 is 9.53 Å². The second kappa shape index (κ2) is 6.71. The molecule has 0 amide bonds. The maximum Gasteiger partial charge on any atom is 0.356 e. The molecule has 4 heteroatoms. The number of fused-ring (bicyclic) bond motifs is 5. The van der Waals surface area contributed by atoms with E-state index in [9.17, 15) is 4.79 Å². The van der Waals surface area contributed by atoms with Crippen LogP contribution in [0.3, 0.4) is 0 Å². The number of hydrogen-bond donors (Lipinski definition) is 0. The number of nitrogens with zero attached hydrogens (tertiary/aromatic N) is 2. The maximum atomic E-state index is 12.0. The Morgan fingerprint density at radius 3 is 2.75 bits per heavy atom. The van der Waals surface area contributed by atoms with Crippen molar-refractivity contribution in [3.8, 4) is 11.4 Å². The standard InChI is InChI=1S/C24H20N2O2/c1-28-24(27)21-12-13-25-23(26-21)20-14-16-7-3-4-8-17(16)19-11-10-15-6-2-5-9-18(15)22(19)20/h3-4,7-8,10-14H,2,5-6,9H2,1H3. The molecule has 0 aliphatic heterocycles. The molecule has 1 aliphatic rings. The highest BCUT2D eigenvalue weighted by atomic mass is 16.5. The van der Waals surface area contributed by atoms with Crippen molar-refractivity contribution in [2.45, 2.75) is 25.7 Å². The van der Waals surface area contributed by atoms with Crippen LogP contribution in [0.2, 0.25) is 0 Å². The number of ether oxygens (including phenoxy) is 1. The fraction of sp³-hybridized carbons (Fsp3) is 0.208. The Kier molecular flexibility index (Phi) is 4.05. The zero-order valence-corrected chi connectivity index (χ0v) is 15.7. The van der Waals surface area contributed by atoms with Crippen LogP contribution in [0.4, 0.5) is 0 Å². The highest BCUT2D eigenvalue weighted by molar-refractivity contribution is 6.14. The molecule has 5 rings (SSSR count). The predicted molar refractivity (Wildman–Crippen MR) is 110 cm³/mol. The monoisotopic (exact) mass is 368 g/mol. The molecule has 28 heavy (non-hydrogen) atoms. The molecule has 0 atom stereocenters. The van der Waals surface area contributed by atoms with Crippen molar-refractivity contribution in [2.75, 3.05) is 7.11 Å². The molecular formula is C24H20N2O2. The van der Waals surface area contributed by atoms with Crippen molar-refractivity contribution >= 4 is 27.5 Å². The molecule has 1 aliphatic carbocycles. The van der Waals surface area contributed by atoms with Gasteiger partial charge in [0.25, 0.3) is 0 Å². The van der Waals surface area contributed by atoms with E-state index in [2.05, 4.69) is 46.4 Å². The number of aromatic nitrogens is 2. The van der Waals surface area contributed by atoms with Crippen LogP contribution in [-0.2, 0) is 17.6 Å². The second-order valence-corrected chi connectivity index (χ2v) is 7.24. The van der Waals surface area contributed by atoms with Crippen molar-refractivity contribution in [1.29, 1.82) is 0 Å². The van der Waals surface area contributed by atoms with E-state index in [1.54, 1.807) is 12.3 Å². The lowest BCUT2D eigenvalue weighted by Crippen LogP contribution is -2.07. The molecule has 0 spiro atoms. The first kappa shape index (κ1) is 16.9. The van der Waals surface area contributed by atoms with Gasteiger partial charge in [0, 0.05) is 11.8 Å². The maximum absolute atomic E-state index is 12.0. The third-order valence-corrected chi connectivity index (χ3v) is 5.64. The van der Waals surface area contributed by atoms with E-state index >= 15 is 0 Å². The van der Waals surface area contributed by atoms with Crippen LogP contribution in [0.5, 0.6) is 0 Å². The molecule has 0 saturated carbocycles. The second-order valence-electron chi connectivity index (χ2n) is 7.24. The number of rotatable bonds is 2. The third-order valence-electron chi connectivity index (χ3n) is 5.64. The lowest BCUT2D eigenvalue weighted by atomic mass is 9.84. The van der Waals surface area contributed by atoms with Crippen LogP contribution in [0.15, 0.2) is 54.7 Å². The predicted octanol–water partition coefficient (Wildman–Crippen LogP) is 5.12. The quantitative estimate of drug-likeness (QED) is 0.364. The molecule has 138 valence electrons. The van der Waals surface area contributed by atoms with Crippen LogP contribution in [0.25, 0.3) is 32.9 Å². The van der Waals surface area contributed by atoms with Crippen molar-refractivity contribution in [3.63, 3.8) is 0 Å². The molecule has 0 fully saturated rings. The summed E-state index contributed by atoms with van der Waals surface area (Å²) in [6, 6.07) is 16.7. The molecule has 0 N–H and O–H groups in total. The number of carbonyl (C=O) groups is 1. The van der Waals surface area contributed by atoms with Gasteiger partial charge in [0.2, 0.25) is 0 Å². The van der Waals surface area contributed by atoms with Crippen molar-refractivity contribution in [3.05, 3.63) is 71.5 Å². The van der Waals surface area contributed by atoms with Gasteiger partial charge in [-0.05, 0) is 70.5 Å². The number of carbonyl (C=O) groups excluding carboxylic acids is 1. The molecule has 0 bridgehead atoms.